The van der Waals surface area contributed by atoms with Crippen molar-refractivity contribution >= 4 is 5.84 Å². The highest BCUT2D eigenvalue weighted by Gasteiger charge is 2.25. The molecule has 3 heteroatoms. The van der Waals surface area contributed by atoms with E-state index in [1.165, 1.54) is 0 Å². The number of amidine groups is 1. The van der Waals surface area contributed by atoms with Gasteiger partial charge in [-0.15, -0.1) is 0 Å². The van der Waals surface area contributed by atoms with Crippen LogP contribution in [0.5, 0.6) is 0 Å². The Balaban J connectivity index is 2.30. The van der Waals surface area contributed by atoms with Crippen LogP contribution in [0.15, 0.2) is 35.3 Å². The van der Waals surface area contributed by atoms with E-state index < -0.39 is 5.72 Å². The van der Waals surface area contributed by atoms with Crippen molar-refractivity contribution in [3.8, 4) is 0 Å². The fourth-order valence-corrected chi connectivity index (χ4v) is 1.21. The van der Waals surface area contributed by atoms with Gasteiger partial charge in [0.15, 0.2) is 11.6 Å². The van der Waals surface area contributed by atoms with Gasteiger partial charge in [-0.1, -0.05) is 30.3 Å². The summed E-state index contributed by atoms with van der Waals surface area (Å²) in [4.78, 5) is 9.63. The van der Waals surface area contributed by atoms with Crippen LogP contribution < -0.4 is 5.48 Å². The van der Waals surface area contributed by atoms with E-state index >= 15 is 0 Å². The maximum atomic E-state index is 5.25. The minimum atomic E-state index is -0.453. The molecule has 0 saturated carbocycles. The largest absolute Gasteiger partial charge is 0.246 e. The molecule has 68 valence electrons. The zero-order valence-electron chi connectivity index (χ0n) is 7.74. The first kappa shape index (κ1) is 8.26. The van der Waals surface area contributed by atoms with Crippen molar-refractivity contribution in [2.24, 2.45) is 4.99 Å². The van der Waals surface area contributed by atoms with Crippen LogP contribution in [-0.2, 0) is 4.84 Å². The molecule has 1 N–H and O–H groups in total. The van der Waals surface area contributed by atoms with Gasteiger partial charge in [-0.05, 0) is 13.8 Å². The van der Waals surface area contributed by atoms with E-state index in [2.05, 4.69) is 10.5 Å². The number of hydroxylamine groups is 1. The molecule has 3 nitrogen and oxygen atoms in total. The Hall–Kier alpha value is -1.35. The van der Waals surface area contributed by atoms with E-state index in [4.69, 9.17) is 4.84 Å². The molecule has 0 saturated heterocycles. The summed E-state index contributed by atoms with van der Waals surface area (Å²) in [5.41, 5.74) is 3.41. The second-order valence-corrected chi connectivity index (χ2v) is 3.48. The number of hydrogen-bond acceptors (Lipinski definition) is 3. The van der Waals surface area contributed by atoms with Crippen molar-refractivity contribution in [3.05, 3.63) is 35.9 Å². The molecule has 13 heavy (non-hydrogen) atoms. The second kappa shape index (κ2) is 2.85. The highest BCUT2D eigenvalue weighted by Crippen LogP contribution is 2.17. The minimum absolute atomic E-state index is 0.453. The zero-order valence-corrected chi connectivity index (χ0v) is 7.74. The molecule has 0 spiro atoms. The fourth-order valence-electron chi connectivity index (χ4n) is 1.21. The van der Waals surface area contributed by atoms with Crippen LogP contribution in [0.25, 0.3) is 0 Å². The average molecular weight is 176 g/mol. The van der Waals surface area contributed by atoms with Gasteiger partial charge in [0.25, 0.3) is 0 Å². The van der Waals surface area contributed by atoms with Crippen molar-refractivity contribution in [2.75, 3.05) is 0 Å². The molecule has 0 amide bonds. The molecule has 0 aliphatic carbocycles. The molecule has 1 aliphatic heterocycles. The van der Waals surface area contributed by atoms with E-state index in [0.717, 1.165) is 11.4 Å². The number of benzene rings is 1. The van der Waals surface area contributed by atoms with E-state index in [1.807, 2.05) is 44.2 Å². The fraction of sp³-hybridized carbons (Fsp3) is 0.300. The first-order valence-electron chi connectivity index (χ1n) is 4.27. The van der Waals surface area contributed by atoms with E-state index in [-0.39, 0.29) is 0 Å². The van der Waals surface area contributed by atoms with E-state index in [0.29, 0.717) is 0 Å². The summed E-state index contributed by atoms with van der Waals surface area (Å²) in [7, 11) is 0. The Labute approximate surface area is 77.4 Å². The highest BCUT2D eigenvalue weighted by molar-refractivity contribution is 5.98. The van der Waals surface area contributed by atoms with Gasteiger partial charge in [-0.2, -0.15) is 0 Å². The molecule has 0 bridgehead atoms. The van der Waals surface area contributed by atoms with Crippen LogP contribution in [0.1, 0.15) is 19.4 Å². The summed E-state index contributed by atoms with van der Waals surface area (Å²) >= 11 is 0. The summed E-state index contributed by atoms with van der Waals surface area (Å²) in [5.74, 6) is 0.797. The standard InChI is InChI=1S/C10H12N2O/c1-10(2)11-9(12-13-10)8-6-4-3-5-7-8/h3-7H,1-2H3,(H,11,12). The summed E-state index contributed by atoms with van der Waals surface area (Å²) < 4.78 is 0. The van der Waals surface area contributed by atoms with Crippen molar-refractivity contribution < 1.29 is 4.84 Å². The predicted molar refractivity (Wildman–Crippen MR) is 51.3 cm³/mol. The van der Waals surface area contributed by atoms with Crippen molar-refractivity contribution in [1.29, 1.82) is 0 Å². The summed E-state index contributed by atoms with van der Waals surface area (Å²) in [6.07, 6.45) is 0. The number of nitrogens with zero attached hydrogens (tertiary/aromatic N) is 1. The number of nitrogens with one attached hydrogen (secondary N) is 1. The van der Waals surface area contributed by atoms with Crippen LogP contribution in [0, 0.1) is 0 Å². The third-order valence-electron chi connectivity index (χ3n) is 1.83. The predicted octanol–water partition coefficient (Wildman–Crippen LogP) is 1.70. The smallest absolute Gasteiger partial charge is 0.182 e. The quantitative estimate of drug-likeness (QED) is 0.706. The normalized spacial score (nSPS) is 19.4. The van der Waals surface area contributed by atoms with Gasteiger partial charge in [0.05, 0.1) is 0 Å². The Morgan fingerprint density at radius 2 is 1.92 bits per heavy atom. The van der Waals surface area contributed by atoms with Gasteiger partial charge in [-0.25, -0.2) is 15.3 Å². The zero-order chi connectivity index (χ0) is 9.31. The van der Waals surface area contributed by atoms with Crippen molar-refractivity contribution in [2.45, 2.75) is 19.6 Å². The summed E-state index contributed by atoms with van der Waals surface area (Å²) in [6.45, 7) is 3.83. The summed E-state index contributed by atoms with van der Waals surface area (Å²) in [6, 6.07) is 9.92. The van der Waals surface area contributed by atoms with Crippen LogP contribution in [0.3, 0.4) is 0 Å². The van der Waals surface area contributed by atoms with Gasteiger partial charge in [0.2, 0.25) is 0 Å². The van der Waals surface area contributed by atoms with Gasteiger partial charge in [0.1, 0.15) is 0 Å². The molecule has 2 rings (SSSR count). The Bertz CT molecular complexity index is 330. The van der Waals surface area contributed by atoms with Gasteiger partial charge < -0.3 is 0 Å². The van der Waals surface area contributed by atoms with Crippen LogP contribution in [0.2, 0.25) is 0 Å². The average Bonchev–Trinajstić information content (AvgIpc) is 2.48. The SMILES string of the molecule is CC1(C)N=C(c2ccccc2)NO1. The third kappa shape index (κ3) is 1.70. The highest BCUT2D eigenvalue weighted by atomic mass is 16.7. The number of rotatable bonds is 1. The topological polar surface area (TPSA) is 33.6 Å². The number of hydrogen-bond donors (Lipinski definition) is 1. The lowest BCUT2D eigenvalue weighted by molar-refractivity contribution is -0.0269. The van der Waals surface area contributed by atoms with Crippen molar-refractivity contribution in [3.63, 3.8) is 0 Å². The van der Waals surface area contributed by atoms with Gasteiger partial charge in [-0.3, -0.25) is 0 Å². The molecule has 1 aromatic rings. The molecule has 1 heterocycles. The Kier molecular flexibility index (Phi) is 1.81. The lowest BCUT2D eigenvalue weighted by atomic mass is 10.2. The molecule has 0 aromatic heterocycles. The van der Waals surface area contributed by atoms with Gasteiger partial charge in [0, 0.05) is 5.56 Å². The molecule has 0 atom stereocenters. The van der Waals surface area contributed by atoms with E-state index in [9.17, 15) is 0 Å². The third-order valence-corrected chi connectivity index (χ3v) is 1.83. The molecular weight excluding hydrogens is 164 g/mol. The van der Waals surface area contributed by atoms with Gasteiger partial charge >= 0.3 is 0 Å². The molecular formula is C10H12N2O. The summed E-state index contributed by atoms with van der Waals surface area (Å²) in [5, 5.41) is 0. The Morgan fingerprint density at radius 3 is 2.46 bits per heavy atom. The lowest BCUT2D eigenvalue weighted by Gasteiger charge is -2.09. The van der Waals surface area contributed by atoms with Crippen LogP contribution >= 0.6 is 0 Å². The maximum Gasteiger partial charge on any atom is 0.182 e. The lowest BCUT2D eigenvalue weighted by Crippen LogP contribution is -2.23. The molecule has 1 aliphatic rings. The minimum Gasteiger partial charge on any atom is -0.246 e. The molecule has 1 aromatic carbocycles. The first-order valence-corrected chi connectivity index (χ1v) is 4.27. The second-order valence-electron chi connectivity index (χ2n) is 3.48. The maximum absolute atomic E-state index is 5.25. The monoisotopic (exact) mass is 176 g/mol. The number of aliphatic imine (C=N–C) groups is 1. The first-order chi connectivity index (χ1) is 6.17. The van der Waals surface area contributed by atoms with Crippen molar-refractivity contribution in [1.82, 2.24) is 5.48 Å². The molecule has 0 fully saturated rings. The van der Waals surface area contributed by atoms with Crippen LogP contribution in [0.4, 0.5) is 0 Å². The van der Waals surface area contributed by atoms with Crippen LogP contribution in [-0.4, -0.2) is 11.6 Å². The Morgan fingerprint density at radius 1 is 1.23 bits per heavy atom. The van der Waals surface area contributed by atoms with E-state index in [1.54, 1.807) is 0 Å². The molecule has 0 radical (unpaired) electrons. The molecule has 0 unspecified atom stereocenters.